The maximum absolute atomic E-state index is 12.5. The molecule has 3 rings (SSSR count). The Balaban J connectivity index is 2.02. The van der Waals surface area contributed by atoms with Gasteiger partial charge in [-0.25, -0.2) is 8.42 Å². The number of hydrogen-bond donors (Lipinski definition) is 1. The minimum Gasteiger partial charge on any atom is -0.271 e. The van der Waals surface area contributed by atoms with Crippen molar-refractivity contribution < 1.29 is 13.2 Å². The molecule has 1 unspecified atom stereocenters. The molecule has 0 aromatic heterocycles. The smallest absolute Gasteiger partial charge is 0.264 e. The maximum Gasteiger partial charge on any atom is 0.264 e. The number of carbonyl (C=O) groups is 1. The molecule has 1 heterocycles. The first-order chi connectivity index (χ1) is 9.97. The van der Waals surface area contributed by atoms with E-state index in [1.165, 1.54) is 6.07 Å². The van der Waals surface area contributed by atoms with E-state index in [-0.39, 0.29) is 21.2 Å². The monoisotopic (exact) mass is 320 g/mol. The standard InChI is InChI=1S/C14H12N2O3S2/c1-9-13(17)15-14(20-9)16-21(18,19)12-8-4-6-10-5-2-3-7-11(10)12/h2-9H,1H3,(H,15,16,17). The zero-order valence-corrected chi connectivity index (χ0v) is 12.7. The van der Waals surface area contributed by atoms with Gasteiger partial charge >= 0.3 is 0 Å². The summed E-state index contributed by atoms with van der Waals surface area (Å²) in [6.45, 7) is 1.69. The number of amides is 1. The molecule has 0 radical (unpaired) electrons. The summed E-state index contributed by atoms with van der Waals surface area (Å²) < 4.78 is 27.4. The van der Waals surface area contributed by atoms with Crippen molar-refractivity contribution in [2.75, 3.05) is 0 Å². The van der Waals surface area contributed by atoms with Crippen LogP contribution in [-0.4, -0.2) is 24.7 Å². The Bertz CT molecular complexity index is 854. The topological polar surface area (TPSA) is 75.6 Å². The summed E-state index contributed by atoms with van der Waals surface area (Å²) >= 11 is 1.11. The summed E-state index contributed by atoms with van der Waals surface area (Å²) in [7, 11) is -3.77. The van der Waals surface area contributed by atoms with Crippen molar-refractivity contribution in [2.45, 2.75) is 17.1 Å². The first-order valence-electron chi connectivity index (χ1n) is 6.27. The summed E-state index contributed by atoms with van der Waals surface area (Å²) in [5.74, 6) is -0.324. The van der Waals surface area contributed by atoms with Crippen LogP contribution in [0.25, 0.3) is 10.8 Å². The van der Waals surface area contributed by atoms with Gasteiger partial charge < -0.3 is 0 Å². The van der Waals surface area contributed by atoms with Crippen LogP contribution in [0.5, 0.6) is 0 Å². The minimum absolute atomic E-state index is 0.125. The van der Waals surface area contributed by atoms with E-state index < -0.39 is 10.0 Å². The lowest BCUT2D eigenvalue weighted by atomic mass is 10.1. The van der Waals surface area contributed by atoms with Crippen LogP contribution in [0.2, 0.25) is 0 Å². The van der Waals surface area contributed by atoms with Gasteiger partial charge in [0.1, 0.15) is 0 Å². The highest BCUT2D eigenvalue weighted by molar-refractivity contribution is 8.16. The van der Waals surface area contributed by atoms with E-state index in [1.807, 2.05) is 18.2 Å². The number of benzene rings is 2. The lowest BCUT2D eigenvalue weighted by Crippen LogP contribution is -2.28. The van der Waals surface area contributed by atoms with Gasteiger partial charge in [-0.1, -0.05) is 48.2 Å². The predicted octanol–water partition coefficient (Wildman–Crippen LogP) is 2.14. The van der Waals surface area contributed by atoms with Gasteiger partial charge in [-0.15, -0.1) is 0 Å². The van der Waals surface area contributed by atoms with Crippen molar-refractivity contribution in [2.24, 2.45) is 4.99 Å². The van der Waals surface area contributed by atoms with Crippen molar-refractivity contribution in [3.8, 4) is 0 Å². The number of nitrogens with zero attached hydrogens (tertiary/aromatic N) is 1. The molecule has 0 bridgehead atoms. The van der Waals surface area contributed by atoms with Crippen LogP contribution in [0.15, 0.2) is 52.4 Å². The van der Waals surface area contributed by atoms with Gasteiger partial charge in [-0.3, -0.25) is 9.52 Å². The Morgan fingerprint density at radius 1 is 1.14 bits per heavy atom. The SMILES string of the molecule is CC1SC(NS(=O)(=O)c2cccc3ccccc23)=NC1=O. The fraction of sp³-hybridized carbons (Fsp3) is 0.143. The van der Waals surface area contributed by atoms with Crippen LogP contribution in [0.4, 0.5) is 0 Å². The normalized spacial score (nSPS) is 18.8. The molecule has 7 heteroatoms. The third-order valence-corrected chi connectivity index (χ3v) is 5.61. The zero-order chi connectivity index (χ0) is 15.0. The number of thioether (sulfide) groups is 1. The summed E-state index contributed by atoms with van der Waals surface area (Å²) in [6, 6.07) is 12.3. The minimum atomic E-state index is -3.77. The van der Waals surface area contributed by atoms with E-state index in [2.05, 4.69) is 9.71 Å². The number of nitrogens with one attached hydrogen (secondary N) is 1. The second-order valence-electron chi connectivity index (χ2n) is 4.60. The molecule has 2 aromatic rings. The second kappa shape index (κ2) is 5.16. The Morgan fingerprint density at radius 2 is 1.86 bits per heavy atom. The van der Waals surface area contributed by atoms with E-state index in [9.17, 15) is 13.2 Å². The van der Waals surface area contributed by atoms with Crippen LogP contribution < -0.4 is 4.72 Å². The van der Waals surface area contributed by atoms with Gasteiger partial charge in [0.25, 0.3) is 15.9 Å². The third-order valence-electron chi connectivity index (χ3n) is 3.11. The molecule has 1 N–H and O–H groups in total. The first kappa shape index (κ1) is 14.1. The number of fused-ring (bicyclic) bond motifs is 1. The number of amidine groups is 1. The number of aliphatic imine (C=N–C) groups is 1. The lowest BCUT2D eigenvalue weighted by Gasteiger charge is -2.09. The molecule has 2 aromatic carbocycles. The van der Waals surface area contributed by atoms with Gasteiger partial charge in [0.15, 0.2) is 5.17 Å². The highest BCUT2D eigenvalue weighted by Gasteiger charge is 2.28. The van der Waals surface area contributed by atoms with Gasteiger partial charge in [0.2, 0.25) is 0 Å². The van der Waals surface area contributed by atoms with Crippen LogP contribution in [0.3, 0.4) is 0 Å². The molecule has 1 aliphatic heterocycles. The molecule has 1 amide bonds. The molecule has 108 valence electrons. The average Bonchev–Trinajstić information content (AvgIpc) is 2.75. The second-order valence-corrected chi connectivity index (χ2v) is 7.58. The molecule has 0 spiro atoms. The summed E-state index contributed by atoms with van der Waals surface area (Å²) in [4.78, 5) is 15.3. The molecular formula is C14H12N2O3S2. The van der Waals surface area contributed by atoms with Gasteiger partial charge in [0, 0.05) is 5.39 Å². The van der Waals surface area contributed by atoms with Crippen molar-refractivity contribution in [3.05, 3.63) is 42.5 Å². The Kier molecular flexibility index (Phi) is 3.46. The maximum atomic E-state index is 12.5. The van der Waals surface area contributed by atoms with E-state index in [0.717, 1.165) is 17.1 Å². The van der Waals surface area contributed by atoms with Crippen molar-refractivity contribution in [3.63, 3.8) is 0 Å². The molecule has 5 nitrogen and oxygen atoms in total. The first-order valence-corrected chi connectivity index (χ1v) is 8.63. The predicted molar refractivity (Wildman–Crippen MR) is 83.8 cm³/mol. The van der Waals surface area contributed by atoms with Crippen LogP contribution in [-0.2, 0) is 14.8 Å². The van der Waals surface area contributed by atoms with Crippen molar-refractivity contribution in [1.29, 1.82) is 0 Å². The van der Waals surface area contributed by atoms with E-state index in [4.69, 9.17) is 0 Å². The van der Waals surface area contributed by atoms with Gasteiger partial charge in [-0.05, 0) is 18.4 Å². The largest absolute Gasteiger partial charge is 0.271 e. The lowest BCUT2D eigenvalue weighted by molar-refractivity contribution is -0.116. The van der Waals surface area contributed by atoms with Crippen LogP contribution in [0, 0.1) is 0 Å². The van der Waals surface area contributed by atoms with Crippen molar-refractivity contribution in [1.82, 2.24) is 4.72 Å². The number of rotatable bonds is 2. The van der Waals surface area contributed by atoms with Crippen molar-refractivity contribution >= 4 is 43.6 Å². The molecule has 0 aliphatic carbocycles. The molecule has 0 fully saturated rings. The van der Waals surface area contributed by atoms with E-state index in [1.54, 1.807) is 25.1 Å². The molecule has 1 atom stereocenters. The number of carbonyl (C=O) groups excluding carboxylic acids is 1. The summed E-state index contributed by atoms with van der Waals surface area (Å²) in [5, 5.41) is 1.25. The quantitative estimate of drug-likeness (QED) is 0.920. The van der Waals surface area contributed by atoms with Gasteiger partial charge in [-0.2, -0.15) is 4.99 Å². The molecular weight excluding hydrogens is 308 g/mol. The average molecular weight is 320 g/mol. The number of sulfonamides is 1. The molecule has 21 heavy (non-hydrogen) atoms. The zero-order valence-electron chi connectivity index (χ0n) is 11.1. The molecule has 0 saturated heterocycles. The fourth-order valence-electron chi connectivity index (χ4n) is 2.08. The Labute approximate surface area is 126 Å². The summed E-state index contributed by atoms with van der Waals surface area (Å²) in [5.41, 5.74) is 0. The highest BCUT2D eigenvalue weighted by Crippen LogP contribution is 2.25. The molecule has 1 aliphatic rings. The Hall–Kier alpha value is -1.86. The van der Waals surface area contributed by atoms with Crippen LogP contribution >= 0.6 is 11.8 Å². The molecule has 0 saturated carbocycles. The summed E-state index contributed by atoms with van der Waals surface area (Å²) in [6.07, 6.45) is 0. The van der Waals surface area contributed by atoms with Gasteiger partial charge in [0.05, 0.1) is 10.1 Å². The van der Waals surface area contributed by atoms with Crippen LogP contribution in [0.1, 0.15) is 6.92 Å². The third kappa shape index (κ3) is 2.66. The fourth-order valence-corrected chi connectivity index (χ4v) is 4.35. The van der Waals surface area contributed by atoms with E-state index in [0.29, 0.717) is 5.39 Å². The highest BCUT2D eigenvalue weighted by atomic mass is 32.2. The van der Waals surface area contributed by atoms with E-state index >= 15 is 0 Å². The Morgan fingerprint density at radius 3 is 2.57 bits per heavy atom. The number of hydrogen-bond acceptors (Lipinski definition) is 4.